The Balaban J connectivity index is 0.00000128. The monoisotopic (exact) mass is 246 g/mol. The number of rotatable bonds is 5. The minimum Gasteiger partial charge on any atom is -0.354 e. The van der Waals surface area contributed by atoms with Crippen LogP contribution in [-0.2, 0) is 4.79 Å². The van der Waals surface area contributed by atoms with E-state index in [0.717, 1.165) is 25.4 Å². The number of carbonyl (C=O) groups is 1. The Morgan fingerprint density at radius 2 is 2.12 bits per heavy atom. The van der Waals surface area contributed by atoms with Gasteiger partial charge >= 0.3 is 0 Å². The smallest absolute Gasteiger partial charge is 0.220 e. The lowest BCUT2D eigenvalue weighted by atomic mass is 10.0. The van der Waals surface area contributed by atoms with E-state index in [0.29, 0.717) is 18.4 Å². The molecule has 1 saturated heterocycles. The van der Waals surface area contributed by atoms with Crippen LogP contribution in [0.15, 0.2) is 0 Å². The second-order valence-corrected chi connectivity index (χ2v) is 5.21. The van der Waals surface area contributed by atoms with Crippen LogP contribution in [0, 0.1) is 11.8 Å². The highest BCUT2D eigenvalue weighted by Gasteiger charge is 2.25. The first-order valence-electron chi connectivity index (χ1n) is 6.24. The quantitative estimate of drug-likeness (QED) is 0.776. The van der Waals surface area contributed by atoms with Gasteiger partial charge in [0.05, 0.1) is 0 Å². The second kappa shape index (κ2) is 6.45. The number of nitrogens with one attached hydrogen (secondary N) is 2. The van der Waals surface area contributed by atoms with Crippen molar-refractivity contribution in [2.24, 2.45) is 11.8 Å². The Morgan fingerprint density at radius 1 is 1.38 bits per heavy atom. The summed E-state index contributed by atoms with van der Waals surface area (Å²) in [5.41, 5.74) is 0. The van der Waals surface area contributed by atoms with Crippen LogP contribution >= 0.6 is 12.4 Å². The summed E-state index contributed by atoms with van der Waals surface area (Å²) in [4.78, 5) is 11.7. The van der Waals surface area contributed by atoms with Crippen molar-refractivity contribution in [3.8, 4) is 0 Å². The summed E-state index contributed by atoms with van der Waals surface area (Å²) in [6.07, 6.45) is 5.78. The number of amides is 1. The van der Waals surface area contributed by atoms with Crippen LogP contribution in [0.2, 0.25) is 0 Å². The van der Waals surface area contributed by atoms with Gasteiger partial charge in [0.2, 0.25) is 5.91 Å². The maximum atomic E-state index is 11.7. The predicted molar refractivity (Wildman–Crippen MR) is 67.8 cm³/mol. The predicted octanol–water partition coefficient (Wildman–Crippen LogP) is 1.71. The van der Waals surface area contributed by atoms with Crippen LogP contribution in [0.1, 0.15) is 39.0 Å². The van der Waals surface area contributed by atoms with Crippen molar-refractivity contribution in [2.45, 2.75) is 45.1 Å². The summed E-state index contributed by atoms with van der Waals surface area (Å²) in [7, 11) is 0. The third kappa shape index (κ3) is 4.71. The number of hydrogen-bond donors (Lipinski definition) is 2. The Labute approximate surface area is 104 Å². The van der Waals surface area contributed by atoms with Crippen LogP contribution in [-0.4, -0.2) is 25.0 Å². The lowest BCUT2D eigenvalue weighted by molar-refractivity contribution is -0.122. The second-order valence-electron chi connectivity index (χ2n) is 5.21. The molecule has 94 valence electrons. The van der Waals surface area contributed by atoms with Gasteiger partial charge in [-0.25, -0.2) is 0 Å². The normalized spacial score (nSPS) is 25.9. The molecule has 0 aromatic heterocycles. The van der Waals surface area contributed by atoms with Gasteiger partial charge in [0.1, 0.15) is 0 Å². The fourth-order valence-corrected chi connectivity index (χ4v) is 2.40. The fraction of sp³-hybridized carbons (Fsp3) is 0.917. The van der Waals surface area contributed by atoms with E-state index >= 15 is 0 Å². The zero-order valence-corrected chi connectivity index (χ0v) is 10.8. The van der Waals surface area contributed by atoms with Crippen LogP contribution in [0.25, 0.3) is 0 Å². The van der Waals surface area contributed by atoms with E-state index in [-0.39, 0.29) is 18.3 Å². The van der Waals surface area contributed by atoms with Gasteiger partial charge in [0.15, 0.2) is 0 Å². The maximum absolute atomic E-state index is 11.7. The van der Waals surface area contributed by atoms with Gasteiger partial charge in [-0.1, -0.05) is 12.8 Å². The standard InChI is InChI=1S/C12H22N2O.ClH/c1-9(6-10-2-3-10)14-12(15)7-11-4-5-13-8-11;/h9-11,13H,2-8H2,1H3,(H,14,15);1H. The Morgan fingerprint density at radius 3 is 2.69 bits per heavy atom. The SMILES string of the molecule is CC(CC1CC1)NC(=O)CC1CCNC1.Cl. The Hall–Kier alpha value is -0.280. The molecule has 0 radical (unpaired) electrons. The third-order valence-electron chi connectivity index (χ3n) is 3.43. The van der Waals surface area contributed by atoms with Crippen molar-refractivity contribution in [1.29, 1.82) is 0 Å². The van der Waals surface area contributed by atoms with E-state index < -0.39 is 0 Å². The summed E-state index contributed by atoms with van der Waals surface area (Å²) in [6, 6.07) is 0.374. The molecule has 4 heteroatoms. The van der Waals surface area contributed by atoms with Crippen molar-refractivity contribution < 1.29 is 4.79 Å². The lowest BCUT2D eigenvalue weighted by Crippen LogP contribution is -2.34. The van der Waals surface area contributed by atoms with E-state index in [1.54, 1.807) is 0 Å². The minimum atomic E-state index is 0. The van der Waals surface area contributed by atoms with E-state index in [2.05, 4.69) is 17.6 Å². The molecule has 1 saturated carbocycles. The molecule has 2 rings (SSSR count). The van der Waals surface area contributed by atoms with Crippen LogP contribution in [0.5, 0.6) is 0 Å². The molecule has 3 nitrogen and oxygen atoms in total. The van der Waals surface area contributed by atoms with Crippen LogP contribution < -0.4 is 10.6 Å². The van der Waals surface area contributed by atoms with Gasteiger partial charge in [-0.3, -0.25) is 4.79 Å². The Kier molecular flexibility index (Phi) is 5.56. The summed E-state index contributed by atoms with van der Waals surface area (Å²) < 4.78 is 0. The molecule has 1 aliphatic carbocycles. The molecule has 2 N–H and O–H groups in total. The molecular formula is C12H23ClN2O. The van der Waals surface area contributed by atoms with E-state index in [9.17, 15) is 4.79 Å². The highest BCUT2D eigenvalue weighted by atomic mass is 35.5. The van der Waals surface area contributed by atoms with E-state index in [1.165, 1.54) is 19.3 Å². The van der Waals surface area contributed by atoms with Crippen LogP contribution in [0.4, 0.5) is 0 Å². The highest BCUT2D eigenvalue weighted by Crippen LogP contribution is 2.33. The molecule has 2 unspecified atom stereocenters. The summed E-state index contributed by atoms with van der Waals surface area (Å²) in [6.45, 7) is 4.23. The van der Waals surface area contributed by atoms with Crippen molar-refractivity contribution in [1.82, 2.24) is 10.6 Å². The van der Waals surface area contributed by atoms with Gasteiger partial charge in [-0.2, -0.15) is 0 Å². The molecule has 1 aliphatic heterocycles. The first kappa shape index (κ1) is 13.8. The van der Waals surface area contributed by atoms with Gasteiger partial charge in [-0.05, 0) is 44.7 Å². The largest absolute Gasteiger partial charge is 0.354 e. The fourth-order valence-electron chi connectivity index (χ4n) is 2.40. The molecule has 0 bridgehead atoms. The zero-order chi connectivity index (χ0) is 10.7. The average Bonchev–Trinajstić information content (AvgIpc) is 2.80. The third-order valence-corrected chi connectivity index (χ3v) is 3.43. The summed E-state index contributed by atoms with van der Waals surface area (Å²) >= 11 is 0. The van der Waals surface area contributed by atoms with Gasteiger partial charge < -0.3 is 10.6 Å². The zero-order valence-electron chi connectivity index (χ0n) is 10.00. The number of carbonyl (C=O) groups excluding carboxylic acids is 1. The minimum absolute atomic E-state index is 0. The molecule has 16 heavy (non-hydrogen) atoms. The van der Waals surface area contributed by atoms with Crippen molar-refractivity contribution >= 4 is 18.3 Å². The summed E-state index contributed by atoms with van der Waals surface area (Å²) in [5, 5.41) is 6.40. The molecule has 1 amide bonds. The topological polar surface area (TPSA) is 41.1 Å². The first-order valence-corrected chi connectivity index (χ1v) is 6.24. The van der Waals surface area contributed by atoms with E-state index in [4.69, 9.17) is 0 Å². The molecule has 2 fully saturated rings. The van der Waals surface area contributed by atoms with Crippen molar-refractivity contribution in [3.05, 3.63) is 0 Å². The molecular weight excluding hydrogens is 224 g/mol. The lowest BCUT2D eigenvalue weighted by Gasteiger charge is -2.15. The van der Waals surface area contributed by atoms with Gasteiger partial charge in [-0.15, -0.1) is 12.4 Å². The molecule has 0 aromatic carbocycles. The average molecular weight is 247 g/mol. The van der Waals surface area contributed by atoms with Crippen molar-refractivity contribution in [3.63, 3.8) is 0 Å². The molecule has 2 aliphatic rings. The van der Waals surface area contributed by atoms with Gasteiger partial charge in [0, 0.05) is 12.5 Å². The molecule has 0 aromatic rings. The maximum Gasteiger partial charge on any atom is 0.220 e. The molecule has 0 spiro atoms. The molecule has 1 heterocycles. The highest BCUT2D eigenvalue weighted by molar-refractivity contribution is 5.85. The number of halogens is 1. The molecule has 2 atom stereocenters. The van der Waals surface area contributed by atoms with Crippen molar-refractivity contribution in [2.75, 3.05) is 13.1 Å². The van der Waals surface area contributed by atoms with Crippen LogP contribution in [0.3, 0.4) is 0 Å². The first-order chi connectivity index (χ1) is 7.24. The number of hydrogen-bond acceptors (Lipinski definition) is 2. The Bertz CT molecular complexity index is 225. The summed E-state index contributed by atoms with van der Waals surface area (Å²) in [5.74, 6) is 1.71. The van der Waals surface area contributed by atoms with Gasteiger partial charge in [0.25, 0.3) is 0 Å². The van der Waals surface area contributed by atoms with E-state index in [1.807, 2.05) is 0 Å².